The van der Waals surface area contributed by atoms with Gasteiger partial charge in [0.1, 0.15) is 0 Å². The summed E-state index contributed by atoms with van der Waals surface area (Å²) in [6.07, 6.45) is 4.72. The molecule has 2 unspecified atom stereocenters. The van der Waals surface area contributed by atoms with Crippen LogP contribution >= 0.6 is 0 Å². The molecule has 1 amide bonds. The second kappa shape index (κ2) is 4.97. The summed E-state index contributed by atoms with van der Waals surface area (Å²) in [6, 6.07) is 0.885. The summed E-state index contributed by atoms with van der Waals surface area (Å²) in [6.45, 7) is 8.07. The van der Waals surface area contributed by atoms with Crippen molar-refractivity contribution in [3.63, 3.8) is 0 Å². The maximum absolute atomic E-state index is 11.2. The molecule has 15 heavy (non-hydrogen) atoms. The van der Waals surface area contributed by atoms with Crippen molar-refractivity contribution in [3.05, 3.63) is 0 Å². The van der Waals surface area contributed by atoms with Gasteiger partial charge in [-0.3, -0.25) is 4.79 Å². The molecule has 1 aliphatic rings. The normalized spacial score (nSPS) is 31.7. The first-order valence-electron chi connectivity index (χ1n) is 5.99. The van der Waals surface area contributed by atoms with Gasteiger partial charge < -0.3 is 10.6 Å². The van der Waals surface area contributed by atoms with Crippen LogP contribution in [0.1, 0.15) is 53.4 Å². The number of hydrogen-bond acceptors (Lipinski definition) is 2. The fraction of sp³-hybridized carbons (Fsp3) is 0.917. The molecule has 1 fully saturated rings. The highest BCUT2D eigenvalue weighted by Gasteiger charge is 2.37. The fourth-order valence-corrected chi connectivity index (χ4v) is 2.55. The molecule has 1 aliphatic carbocycles. The molecular formula is C12H24N2O. The van der Waals surface area contributed by atoms with E-state index in [2.05, 4.69) is 31.4 Å². The minimum Gasteiger partial charge on any atom is -0.350 e. The molecule has 1 rings (SSSR count). The van der Waals surface area contributed by atoms with Crippen molar-refractivity contribution in [3.8, 4) is 0 Å². The van der Waals surface area contributed by atoms with Crippen molar-refractivity contribution in [1.29, 1.82) is 0 Å². The predicted octanol–water partition coefficient (Wildman–Crippen LogP) is 1.82. The Morgan fingerprint density at radius 3 is 2.60 bits per heavy atom. The third kappa shape index (κ3) is 3.49. The van der Waals surface area contributed by atoms with Gasteiger partial charge in [-0.25, -0.2) is 0 Å². The van der Waals surface area contributed by atoms with Crippen molar-refractivity contribution >= 4 is 5.91 Å². The van der Waals surface area contributed by atoms with Crippen LogP contribution in [-0.2, 0) is 4.79 Å². The first-order valence-corrected chi connectivity index (χ1v) is 5.99. The van der Waals surface area contributed by atoms with Crippen molar-refractivity contribution in [2.75, 3.05) is 0 Å². The molecule has 0 bridgehead atoms. The Morgan fingerprint density at radius 1 is 1.40 bits per heavy atom. The summed E-state index contributed by atoms with van der Waals surface area (Å²) in [7, 11) is 0. The van der Waals surface area contributed by atoms with Gasteiger partial charge >= 0.3 is 0 Å². The topological polar surface area (TPSA) is 41.1 Å². The van der Waals surface area contributed by atoms with E-state index in [0.29, 0.717) is 12.1 Å². The minimum absolute atomic E-state index is 0.0612. The van der Waals surface area contributed by atoms with Crippen LogP contribution in [0.3, 0.4) is 0 Å². The average molecular weight is 212 g/mol. The summed E-state index contributed by atoms with van der Waals surface area (Å²) < 4.78 is 0. The maximum Gasteiger partial charge on any atom is 0.217 e. The highest BCUT2D eigenvalue weighted by molar-refractivity contribution is 5.73. The van der Waals surface area contributed by atoms with Crippen molar-refractivity contribution < 1.29 is 4.79 Å². The van der Waals surface area contributed by atoms with Crippen molar-refractivity contribution in [2.24, 2.45) is 0 Å². The molecule has 3 nitrogen and oxygen atoms in total. The van der Waals surface area contributed by atoms with E-state index < -0.39 is 0 Å². The van der Waals surface area contributed by atoms with Crippen molar-refractivity contribution in [1.82, 2.24) is 10.6 Å². The van der Waals surface area contributed by atoms with Gasteiger partial charge in [0.2, 0.25) is 5.91 Å². The van der Waals surface area contributed by atoms with E-state index in [-0.39, 0.29) is 11.4 Å². The van der Waals surface area contributed by atoms with Crippen LogP contribution in [0, 0.1) is 0 Å². The fourth-order valence-electron chi connectivity index (χ4n) is 2.55. The van der Waals surface area contributed by atoms with Gasteiger partial charge in [0, 0.05) is 19.0 Å². The minimum atomic E-state index is -0.0612. The number of nitrogens with one attached hydrogen (secondary N) is 2. The quantitative estimate of drug-likeness (QED) is 0.749. The van der Waals surface area contributed by atoms with E-state index in [0.717, 1.165) is 12.8 Å². The Balaban J connectivity index is 2.66. The Hall–Kier alpha value is -0.570. The number of rotatable bonds is 3. The van der Waals surface area contributed by atoms with Gasteiger partial charge in [-0.15, -0.1) is 0 Å². The van der Waals surface area contributed by atoms with Gasteiger partial charge in [-0.1, -0.05) is 26.7 Å². The zero-order valence-electron chi connectivity index (χ0n) is 10.4. The summed E-state index contributed by atoms with van der Waals surface area (Å²) in [5.41, 5.74) is -0.0612. The predicted molar refractivity (Wildman–Crippen MR) is 62.7 cm³/mol. The summed E-state index contributed by atoms with van der Waals surface area (Å²) >= 11 is 0. The first kappa shape index (κ1) is 12.5. The van der Waals surface area contributed by atoms with Crippen LogP contribution < -0.4 is 10.6 Å². The van der Waals surface area contributed by atoms with Gasteiger partial charge in [-0.05, 0) is 19.8 Å². The van der Waals surface area contributed by atoms with Crippen LogP contribution in [-0.4, -0.2) is 23.5 Å². The average Bonchev–Trinajstić information content (AvgIpc) is 2.07. The molecule has 0 heterocycles. The highest BCUT2D eigenvalue weighted by atomic mass is 16.1. The lowest BCUT2D eigenvalue weighted by Gasteiger charge is -2.43. The van der Waals surface area contributed by atoms with Crippen LogP contribution in [0.5, 0.6) is 0 Å². The lowest BCUT2D eigenvalue weighted by atomic mass is 9.78. The van der Waals surface area contributed by atoms with Crippen LogP contribution in [0.25, 0.3) is 0 Å². The smallest absolute Gasteiger partial charge is 0.217 e. The monoisotopic (exact) mass is 212 g/mol. The lowest BCUT2D eigenvalue weighted by Crippen LogP contribution is -2.61. The van der Waals surface area contributed by atoms with E-state index >= 15 is 0 Å². The Labute approximate surface area is 93.0 Å². The van der Waals surface area contributed by atoms with Gasteiger partial charge in [-0.2, -0.15) is 0 Å². The van der Waals surface area contributed by atoms with Crippen LogP contribution in [0.15, 0.2) is 0 Å². The molecule has 1 saturated carbocycles. The van der Waals surface area contributed by atoms with Gasteiger partial charge in [0.15, 0.2) is 0 Å². The van der Waals surface area contributed by atoms with Crippen LogP contribution in [0.4, 0.5) is 0 Å². The molecule has 2 atom stereocenters. The zero-order valence-corrected chi connectivity index (χ0v) is 10.4. The highest BCUT2D eigenvalue weighted by Crippen LogP contribution is 2.28. The largest absolute Gasteiger partial charge is 0.350 e. The van der Waals surface area contributed by atoms with E-state index in [1.54, 1.807) is 6.92 Å². The van der Waals surface area contributed by atoms with E-state index in [4.69, 9.17) is 0 Å². The molecule has 0 aliphatic heterocycles. The van der Waals surface area contributed by atoms with Crippen molar-refractivity contribution in [2.45, 2.75) is 71.0 Å². The molecule has 2 N–H and O–H groups in total. The van der Waals surface area contributed by atoms with E-state index in [1.807, 2.05) is 0 Å². The molecule has 88 valence electrons. The SMILES string of the molecule is CC(=O)NC1(C)CCCCC1NC(C)C. The Morgan fingerprint density at radius 2 is 2.07 bits per heavy atom. The summed E-state index contributed by atoms with van der Waals surface area (Å²) in [5.74, 6) is 0.0787. The van der Waals surface area contributed by atoms with E-state index in [9.17, 15) is 4.79 Å². The molecule has 0 saturated heterocycles. The number of carbonyl (C=O) groups excluding carboxylic acids is 1. The Bertz CT molecular complexity index is 228. The number of carbonyl (C=O) groups is 1. The second-order valence-corrected chi connectivity index (χ2v) is 5.22. The van der Waals surface area contributed by atoms with Crippen LogP contribution in [0.2, 0.25) is 0 Å². The molecular weight excluding hydrogens is 188 g/mol. The van der Waals surface area contributed by atoms with E-state index in [1.165, 1.54) is 12.8 Å². The first-order chi connectivity index (χ1) is 6.94. The third-order valence-corrected chi connectivity index (χ3v) is 3.20. The lowest BCUT2D eigenvalue weighted by molar-refractivity contribution is -0.121. The maximum atomic E-state index is 11.2. The summed E-state index contributed by atoms with van der Waals surface area (Å²) in [5, 5.41) is 6.68. The third-order valence-electron chi connectivity index (χ3n) is 3.20. The molecule has 0 radical (unpaired) electrons. The standard InChI is InChI=1S/C12H24N2O/c1-9(2)13-11-7-5-6-8-12(11,4)14-10(3)15/h9,11,13H,5-8H2,1-4H3,(H,14,15). The summed E-state index contributed by atoms with van der Waals surface area (Å²) in [4.78, 5) is 11.2. The zero-order chi connectivity index (χ0) is 11.5. The second-order valence-electron chi connectivity index (χ2n) is 5.22. The number of amides is 1. The molecule has 0 aromatic heterocycles. The van der Waals surface area contributed by atoms with Gasteiger partial charge in [0.25, 0.3) is 0 Å². The molecule has 3 heteroatoms. The molecule has 0 aromatic rings. The van der Waals surface area contributed by atoms with Gasteiger partial charge in [0.05, 0.1) is 5.54 Å². The molecule has 0 spiro atoms. The number of hydrogen-bond donors (Lipinski definition) is 2. The molecule has 0 aromatic carbocycles. The Kier molecular flexibility index (Phi) is 4.14.